The summed E-state index contributed by atoms with van der Waals surface area (Å²) in [6.07, 6.45) is 0.498. The summed E-state index contributed by atoms with van der Waals surface area (Å²) in [5.74, 6) is 1.23. The highest BCUT2D eigenvalue weighted by atomic mass is 16.5. The van der Waals surface area contributed by atoms with Crippen LogP contribution in [0.1, 0.15) is 18.9 Å². The molecule has 1 atom stereocenters. The zero-order chi connectivity index (χ0) is 18.4. The van der Waals surface area contributed by atoms with Gasteiger partial charge in [-0.05, 0) is 48.4 Å². The Morgan fingerprint density at radius 1 is 0.885 bits per heavy atom. The van der Waals surface area contributed by atoms with E-state index < -0.39 is 5.54 Å². The maximum absolute atomic E-state index is 12.8. The van der Waals surface area contributed by atoms with Crippen molar-refractivity contribution in [3.63, 3.8) is 0 Å². The second-order valence-electron chi connectivity index (χ2n) is 6.08. The molecular formula is C22H22N2O2. The van der Waals surface area contributed by atoms with Gasteiger partial charge in [0.1, 0.15) is 17.0 Å². The van der Waals surface area contributed by atoms with Crippen molar-refractivity contribution in [1.29, 1.82) is 0 Å². The lowest BCUT2D eigenvalue weighted by atomic mass is 9.87. The summed E-state index contributed by atoms with van der Waals surface area (Å²) in [6.45, 7) is 1.91. The maximum atomic E-state index is 12.8. The van der Waals surface area contributed by atoms with Crippen molar-refractivity contribution in [2.75, 3.05) is 5.32 Å². The number of amides is 1. The first-order chi connectivity index (χ1) is 12.6. The molecule has 1 amide bonds. The average molecular weight is 346 g/mol. The molecule has 0 heterocycles. The van der Waals surface area contributed by atoms with E-state index in [4.69, 9.17) is 10.5 Å². The van der Waals surface area contributed by atoms with Crippen LogP contribution in [0, 0.1) is 0 Å². The van der Waals surface area contributed by atoms with Crippen molar-refractivity contribution in [2.24, 2.45) is 5.73 Å². The molecule has 0 fully saturated rings. The van der Waals surface area contributed by atoms with Crippen molar-refractivity contribution < 1.29 is 9.53 Å². The van der Waals surface area contributed by atoms with Gasteiger partial charge in [0.2, 0.25) is 5.91 Å². The van der Waals surface area contributed by atoms with Gasteiger partial charge in [0.25, 0.3) is 0 Å². The molecule has 3 N–H and O–H groups in total. The summed E-state index contributed by atoms with van der Waals surface area (Å²) in [5.41, 5.74) is 6.81. The summed E-state index contributed by atoms with van der Waals surface area (Å²) < 4.78 is 5.76. The molecule has 0 spiro atoms. The van der Waals surface area contributed by atoms with Gasteiger partial charge in [-0.25, -0.2) is 0 Å². The number of nitrogens with one attached hydrogen (secondary N) is 1. The van der Waals surface area contributed by atoms with Gasteiger partial charge >= 0.3 is 0 Å². The minimum absolute atomic E-state index is 0.233. The topological polar surface area (TPSA) is 64.4 Å². The number of nitrogens with two attached hydrogens (primary N) is 1. The quantitative estimate of drug-likeness (QED) is 0.681. The van der Waals surface area contributed by atoms with Crippen LogP contribution in [0.25, 0.3) is 0 Å². The highest BCUT2D eigenvalue weighted by Crippen LogP contribution is 2.26. The summed E-state index contributed by atoms with van der Waals surface area (Å²) >= 11 is 0. The third-order valence-electron chi connectivity index (χ3n) is 4.34. The molecule has 3 aromatic rings. The number of carbonyl (C=O) groups is 1. The van der Waals surface area contributed by atoms with Gasteiger partial charge in [0.15, 0.2) is 0 Å². The van der Waals surface area contributed by atoms with E-state index >= 15 is 0 Å². The van der Waals surface area contributed by atoms with Crippen LogP contribution in [0.2, 0.25) is 0 Å². The van der Waals surface area contributed by atoms with E-state index in [0.717, 1.165) is 11.3 Å². The van der Waals surface area contributed by atoms with Crippen LogP contribution >= 0.6 is 0 Å². The Balaban J connectivity index is 1.71. The second-order valence-corrected chi connectivity index (χ2v) is 6.08. The van der Waals surface area contributed by atoms with E-state index in [-0.39, 0.29) is 5.91 Å². The molecule has 1 unspecified atom stereocenters. The van der Waals surface area contributed by atoms with Crippen LogP contribution in [0.3, 0.4) is 0 Å². The van der Waals surface area contributed by atoms with Crippen molar-refractivity contribution in [3.05, 3.63) is 90.5 Å². The normalized spacial score (nSPS) is 12.8. The highest BCUT2D eigenvalue weighted by molar-refractivity contribution is 5.98. The summed E-state index contributed by atoms with van der Waals surface area (Å²) in [4.78, 5) is 12.8. The minimum Gasteiger partial charge on any atom is -0.457 e. The fourth-order valence-electron chi connectivity index (χ4n) is 2.70. The maximum Gasteiger partial charge on any atom is 0.249 e. The van der Waals surface area contributed by atoms with E-state index in [1.807, 2.05) is 79.7 Å². The first-order valence-corrected chi connectivity index (χ1v) is 8.60. The van der Waals surface area contributed by atoms with Crippen LogP contribution in [0.5, 0.6) is 11.5 Å². The van der Waals surface area contributed by atoms with E-state index in [2.05, 4.69) is 5.32 Å². The third kappa shape index (κ3) is 3.92. The fraction of sp³-hybridized carbons (Fsp3) is 0.136. The number of para-hydroxylation sites is 1. The lowest BCUT2D eigenvalue weighted by molar-refractivity contribution is -0.121. The Morgan fingerprint density at radius 2 is 1.42 bits per heavy atom. The number of ether oxygens (including phenoxy) is 1. The Kier molecular flexibility index (Phi) is 5.34. The lowest BCUT2D eigenvalue weighted by Gasteiger charge is -2.27. The molecule has 3 rings (SSSR count). The monoisotopic (exact) mass is 346 g/mol. The number of hydrogen-bond acceptors (Lipinski definition) is 3. The van der Waals surface area contributed by atoms with Gasteiger partial charge < -0.3 is 15.8 Å². The van der Waals surface area contributed by atoms with Crippen LogP contribution in [0.15, 0.2) is 84.9 Å². The van der Waals surface area contributed by atoms with E-state index in [9.17, 15) is 4.79 Å². The Morgan fingerprint density at radius 3 is 2.00 bits per heavy atom. The number of benzene rings is 3. The predicted octanol–water partition coefficient (Wildman–Crippen LogP) is 4.68. The van der Waals surface area contributed by atoms with Gasteiger partial charge in [-0.2, -0.15) is 0 Å². The van der Waals surface area contributed by atoms with Gasteiger partial charge in [-0.1, -0.05) is 55.5 Å². The van der Waals surface area contributed by atoms with E-state index in [1.54, 1.807) is 12.1 Å². The first-order valence-electron chi connectivity index (χ1n) is 8.60. The SMILES string of the molecule is CCC(N)(C(=O)Nc1ccc(Oc2ccccc2)cc1)c1ccccc1. The van der Waals surface area contributed by atoms with E-state index in [1.165, 1.54) is 0 Å². The first kappa shape index (κ1) is 17.7. The molecule has 0 aliphatic rings. The zero-order valence-electron chi connectivity index (χ0n) is 14.7. The molecule has 3 aromatic carbocycles. The van der Waals surface area contributed by atoms with Crippen molar-refractivity contribution in [1.82, 2.24) is 0 Å². The van der Waals surface area contributed by atoms with Gasteiger partial charge in [-0.15, -0.1) is 0 Å². The largest absolute Gasteiger partial charge is 0.457 e. The summed E-state index contributed by atoms with van der Waals surface area (Å²) in [6, 6.07) is 26.2. The molecule has 0 aliphatic carbocycles. The van der Waals surface area contributed by atoms with Crippen LogP contribution in [-0.2, 0) is 10.3 Å². The average Bonchev–Trinajstić information content (AvgIpc) is 2.70. The molecule has 0 radical (unpaired) electrons. The number of rotatable bonds is 6. The number of anilines is 1. The molecule has 0 saturated heterocycles. The van der Waals surface area contributed by atoms with Crippen molar-refractivity contribution in [3.8, 4) is 11.5 Å². The smallest absolute Gasteiger partial charge is 0.249 e. The molecule has 4 heteroatoms. The second kappa shape index (κ2) is 7.85. The van der Waals surface area contributed by atoms with Crippen LogP contribution in [-0.4, -0.2) is 5.91 Å². The number of carbonyl (C=O) groups excluding carboxylic acids is 1. The molecule has 4 nitrogen and oxygen atoms in total. The Labute approximate surface area is 153 Å². The fourth-order valence-corrected chi connectivity index (χ4v) is 2.70. The molecular weight excluding hydrogens is 324 g/mol. The van der Waals surface area contributed by atoms with E-state index in [0.29, 0.717) is 17.9 Å². The van der Waals surface area contributed by atoms with Gasteiger partial charge in [0, 0.05) is 5.69 Å². The Hall–Kier alpha value is -3.11. The zero-order valence-corrected chi connectivity index (χ0v) is 14.7. The van der Waals surface area contributed by atoms with Crippen LogP contribution < -0.4 is 15.8 Å². The Bertz CT molecular complexity index is 848. The van der Waals surface area contributed by atoms with Gasteiger partial charge in [0.05, 0.1) is 0 Å². The highest BCUT2D eigenvalue weighted by Gasteiger charge is 2.34. The van der Waals surface area contributed by atoms with Gasteiger partial charge in [-0.3, -0.25) is 4.79 Å². The molecule has 0 aromatic heterocycles. The molecule has 26 heavy (non-hydrogen) atoms. The standard InChI is InChI=1S/C22H22N2O2/c1-2-22(23,17-9-5-3-6-10-17)21(25)24-18-13-15-20(16-14-18)26-19-11-7-4-8-12-19/h3-16H,2,23H2,1H3,(H,24,25). The van der Waals surface area contributed by atoms with Crippen molar-refractivity contribution in [2.45, 2.75) is 18.9 Å². The number of hydrogen-bond donors (Lipinski definition) is 2. The predicted molar refractivity (Wildman–Crippen MR) is 104 cm³/mol. The summed E-state index contributed by atoms with van der Waals surface area (Å²) in [5, 5.41) is 2.90. The minimum atomic E-state index is -1.07. The molecule has 0 aliphatic heterocycles. The molecule has 132 valence electrons. The summed E-state index contributed by atoms with van der Waals surface area (Å²) in [7, 11) is 0. The molecule has 0 bridgehead atoms. The molecule has 0 saturated carbocycles. The van der Waals surface area contributed by atoms with Crippen molar-refractivity contribution >= 4 is 11.6 Å². The lowest BCUT2D eigenvalue weighted by Crippen LogP contribution is -2.47. The van der Waals surface area contributed by atoms with Crippen LogP contribution in [0.4, 0.5) is 5.69 Å². The third-order valence-corrected chi connectivity index (χ3v) is 4.34.